The molecule has 8 heteroatoms. The van der Waals surface area contributed by atoms with Crippen LogP contribution in [0.4, 0.5) is 10.5 Å². The van der Waals surface area contributed by atoms with Crippen molar-refractivity contribution < 1.29 is 19.2 Å². The Bertz CT molecular complexity index is 791. The quantitative estimate of drug-likeness (QED) is 0.380. The monoisotopic (exact) mass is 400 g/mol. The highest BCUT2D eigenvalue weighted by atomic mass is 16.7. The summed E-state index contributed by atoms with van der Waals surface area (Å²) in [5, 5.41) is 4.01. The number of hydroxylamine groups is 1. The summed E-state index contributed by atoms with van der Waals surface area (Å²) in [5.41, 5.74) is 2.06. The summed E-state index contributed by atoms with van der Waals surface area (Å²) in [5.74, 6) is 5.63. The predicted octanol–water partition coefficient (Wildman–Crippen LogP) is 3.41. The van der Waals surface area contributed by atoms with E-state index in [0.717, 1.165) is 23.6 Å². The Kier molecular flexibility index (Phi) is 8.45. The molecule has 8 nitrogen and oxygen atoms in total. The van der Waals surface area contributed by atoms with Gasteiger partial charge >= 0.3 is 12.0 Å². The molecule has 0 heterocycles. The molecule has 0 radical (unpaired) electrons. The van der Waals surface area contributed by atoms with Crippen molar-refractivity contribution in [1.29, 1.82) is 0 Å². The van der Waals surface area contributed by atoms with Gasteiger partial charge in [-0.2, -0.15) is 0 Å². The van der Waals surface area contributed by atoms with Gasteiger partial charge in [0.2, 0.25) is 0 Å². The summed E-state index contributed by atoms with van der Waals surface area (Å²) < 4.78 is 4.71. The number of esters is 1. The van der Waals surface area contributed by atoms with Gasteiger partial charge in [-0.15, -0.1) is 0 Å². The zero-order valence-corrected chi connectivity index (χ0v) is 17.1. The van der Waals surface area contributed by atoms with Gasteiger partial charge in [0.05, 0.1) is 12.7 Å². The summed E-state index contributed by atoms with van der Waals surface area (Å²) in [6.45, 7) is 3.14. The van der Waals surface area contributed by atoms with E-state index in [0.29, 0.717) is 30.1 Å². The lowest BCUT2D eigenvalue weighted by Gasteiger charge is -2.23. The number of hydrogen-bond acceptors (Lipinski definition) is 6. The first-order chi connectivity index (χ1) is 13.9. The lowest BCUT2D eigenvalue weighted by atomic mass is 10.1. The molecule has 0 bridgehead atoms. The van der Waals surface area contributed by atoms with Crippen molar-refractivity contribution in [3.63, 3.8) is 0 Å². The average Bonchev–Trinajstić information content (AvgIpc) is 2.72. The van der Waals surface area contributed by atoms with Crippen molar-refractivity contribution in [3.05, 3.63) is 59.7 Å². The average molecular weight is 400 g/mol. The Labute approximate surface area is 171 Å². The lowest BCUT2D eigenvalue weighted by Crippen LogP contribution is -2.35. The third-order valence-electron chi connectivity index (χ3n) is 4.17. The maximum atomic E-state index is 12.8. The van der Waals surface area contributed by atoms with Crippen molar-refractivity contribution in [2.45, 2.75) is 26.3 Å². The Hall–Kier alpha value is -3.10. The molecule has 2 amide bonds. The number of hydrogen-bond donors (Lipinski definition) is 2. The van der Waals surface area contributed by atoms with E-state index in [1.165, 1.54) is 7.11 Å². The molecule has 0 saturated carbocycles. The fourth-order valence-corrected chi connectivity index (χ4v) is 2.65. The SMILES string of the molecule is CCCCN(Cc1ccc(C(=O)OC)cc1)C(=O)Nc1ccc(ON(C)N)cc1. The first-order valence-electron chi connectivity index (χ1n) is 9.42. The molecule has 156 valence electrons. The van der Waals surface area contributed by atoms with Gasteiger partial charge in [0.25, 0.3) is 0 Å². The van der Waals surface area contributed by atoms with Crippen molar-refractivity contribution in [2.24, 2.45) is 5.84 Å². The number of amides is 2. The van der Waals surface area contributed by atoms with Gasteiger partial charge in [-0.1, -0.05) is 30.6 Å². The second-order valence-corrected chi connectivity index (χ2v) is 6.56. The van der Waals surface area contributed by atoms with Crippen LogP contribution in [0.3, 0.4) is 0 Å². The standard InChI is InChI=1S/C21H28N4O4/c1-4-5-14-25(15-16-6-8-17(9-7-16)20(26)28-3)21(27)23-18-10-12-19(13-11-18)29-24(2)22/h6-13H,4-5,14-15,22H2,1-3H3,(H,23,27). The van der Waals surface area contributed by atoms with E-state index in [2.05, 4.69) is 12.2 Å². The number of benzene rings is 2. The molecule has 0 aliphatic carbocycles. The van der Waals surface area contributed by atoms with Crippen LogP contribution in [0.25, 0.3) is 0 Å². The van der Waals surface area contributed by atoms with E-state index < -0.39 is 0 Å². The Morgan fingerprint density at radius 1 is 1.07 bits per heavy atom. The Morgan fingerprint density at radius 3 is 2.28 bits per heavy atom. The van der Waals surface area contributed by atoms with Crippen LogP contribution >= 0.6 is 0 Å². The van der Waals surface area contributed by atoms with Gasteiger partial charge < -0.3 is 19.8 Å². The minimum atomic E-state index is -0.384. The fourth-order valence-electron chi connectivity index (χ4n) is 2.65. The van der Waals surface area contributed by atoms with E-state index in [1.54, 1.807) is 48.3 Å². The molecular weight excluding hydrogens is 372 g/mol. The summed E-state index contributed by atoms with van der Waals surface area (Å²) in [6, 6.07) is 13.8. The molecule has 0 spiro atoms. The minimum absolute atomic E-state index is 0.194. The van der Waals surface area contributed by atoms with Gasteiger partial charge in [-0.25, -0.2) is 15.4 Å². The molecule has 0 fully saturated rings. The number of unbranched alkanes of at least 4 members (excludes halogenated alkanes) is 1. The number of methoxy groups -OCH3 is 1. The second kappa shape index (κ2) is 11.0. The van der Waals surface area contributed by atoms with Crippen molar-refractivity contribution in [1.82, 2.24) is 10.1 Å². The number of urea groups is 1. The predicted molar refractivity (Wildman–Crippen MR) is 111 cm³/mol. The number of anilines is 1. The smallest absolute Gasteiger partial charge is 0.337 e. The fraction of sp³-hybridized carbons (Fsp3) is 0.333. The number of carbonyl (C=O) groups excluding carboxylic acids is 2. The van der Waals surface area contributed by atoms with Crippen molar-refractivity contribution in [2.75, 3.05) is 26.0 Å². The summed E-state index contributed by atoms with van der Waals surface area (Å²) in [4.78, 5) is 31.3. The highest BCUT2D eigenvalue weighted by Crippen LogP contribution is 2.17. The first kappa shape index (κ1) is 22.2. The van der Waals surface area contributed by atoms with Crippen LogP contribution in [0.2, 0.25) is 0 Å². The van der Waals surface area contributed by atoms with Crippen molar-refractivity contribution in [3.8, 4) is 5.75 Å². The van der Waals surface area contributed by atoms with Crippen LogP contribution < -0.4 is 16.0 Å². The third-order valence-corrected chi connectivity index (χ3v) is 4.17. The topological polar surface area (TPSA) is 97.1 Å². The molecule has 2 aromatic rings. The molecule has 2 aromatic carbocycles. The number of rotatable bonds is 9. The highest BCUT2D eigenvalue weighted by molar-refractivity contribution is 5.90. The molecule has 2 rings (SSSR count). The van der Waals surface area contributed by atoms with E-state index in [1.807, 2.05) is 12.1 Å². The Morgan fingerprint density at radius 2 is 1.72 bits per heavy atom. The maximum absolute atomic E-state index is 12.8. The largest absolute Gasteiger partial charge is 0.465 e. The normalized spacial score (nSPS) is 10.5. The van der Waals surface area contributed by atoms with E-state index in [9.17, 15) is 9.59 Å². The van der Waals surface area contributed by atoms with Crippen LogP contribution in [-0.2, 0) is 11.3 Å². The zero-order valence-electron chi connectivity index (χ0n) is 17.1. The third kappa shape index (κ3) is 7.10. The van der Waals surface area contributed by atoms with Gasteiger partial charge in [0.15, 0.2) is 0 Å². The molecule has 0 unspecified atom stereocenters. The number of ether oxygens (including phenoxy) is 1. The van der Waals surface area contributed by atoms with Gasteiger partial charge in [0.1, 0.15) is 5.75 Å². The molecule has 0 saturated heterocycles. The lowest BCUT2D eigenvalue weighted by molar-refractivity contribution is -0.0329. The highest BCUT2D eigenvalue weighted by Gasteiger charge is 2.15. The molecule has 0 atom stereocenters. The zero-order chi connectivity index (χ0) is 21.2. The van der Waals surface area contributed by atoms with Crippen LogP contribution in [0, 0.1) is 0 Å². The Balaban J connectivity index is 2.04. The molecular formula is C21H28N4O4. The number of hydrazine groups is 1. The molecule has 3 N–H and O–H groups in total. The summed E-state index contributed by atoms with van der Waals surface area (Å²) in [6.07, 6.45) is 1.87. The molecule has 0 aromatic heterocycles. The number of carbonyl (C=O) groups is 2. The van der Waals surface area contributed by atoms with Crippen LogP contribution in [0.5, 0.6) is 5.75 Å². The summed E-state index contributed by atoms with van der Waals surface area (Å²) in [7, 11) is 2.93. The van der Waals surface area contributed by atoms with Gasteiger partial charge in [-0.3, -0.25) is 0 Å². The van der Waals surface area contributed by atoms with Crippen molar-refractivity contribution >= 4 is 17.7 Å². The summed E-state index contributed by atoms with van der Waals surface area (Å²) >= 11 is 0. The van der Waals surface area contributed by atoms with Gasteiger partial charge in [-0.05, 0) is 48.4 Å². The second-order valence-electron chi connectivity index (χ2n) is 6.56. The molecule has 29 heavy (non-hydrogen) atoms. The van der Waals surface area contributed by atoms with Gasteiger partial charge in [0, 0.05) is 25.8 Å². The maximum Gasteiger partial charge on any atom is 0.337 e. The number of nitrogens with one attached hydrogen (secondary N) is 1. The van der Waals surface area contributed by atoms with E-state index >= 15 is 0 Å². The van der Waals surface area contributed by atoms with Crippen LogP contribution in [0.15, 0.2) is 48.5 Å². The van der Waals surface area contributed by atoms with E-state index in [-0.39, 0.29) is 12.0 Å². The van der Waals surface area contributed by atoms with Crippen LogP contribution in [0.1, 0.15) is 35.7 Å². The number of nitrogens with two attached hydrogens (primary N) is 1. The van der Waals surface area contributed by atoms with Crippen LogP contribution in [-0.4, -0.2) is 42.8 Å². The number of nitrogens with zero attached hydrogens (tertiary/aromatic N) is 2. The minimum Gasteiger partial charge on any atom is -0.465 e. The van der Waals surface area contributed by atoms with E-state index in [4.69, 9.17) is 15.4 Å². The molecule has 0 aliphatic rings. The molecule has 0 aliphatic heterocycles. The first-order valence-corrected chi connectivity index (χ1v) is 9.42.